The molecule has 2 aliphatic carbocycles. The van der Waals surface area contributed by atoms with E-state index >= 15 is 0 Å². The maximum atomic E-state index is 11.9. The molecule has 0 spiro atoms. The van der Waals surface area contributed by atoms with Gasteiger partial charge >= 0.3 is 5.97 Å². The predicted octanol–water partition coefficient (Wildman–Crippen LogP) is 4.33. The van der Waals surface area contributed by atoms with Crippen LogP contribution in [0.2, 0.25) is 0 Å². The van der Waals surface area contributed by atoms with Crippen LogP contribution >= 0.6 is 0 Å². The summed E-state index contributed by atoms with van der Waals surface area (Å²) in [6.45, 7) is 6.65. The Kier molecular flexibility index (Phi) is 4.11. The molecular formula is C25H27NO3. The van der Waals surface area contributed by atoms with E-state index in [1.165, 1.54) is 27.8 Å². The molecule has 0 bridgehead atoms. The van der Waals surface area contributed by atoms with Crippen molar-refractivity contribution < 1.29 is 14.3 Å². The van der Waals surface area contributed by atoms with E-state index in [1.54, 1.807) is 7.11 Å². The van der Waals surface area contributed by atoms with Gasteiger partial charge in [0.15, 0.2) is 0 Å². The van der Waals surface area contributed by atoms with E-state index in [4.69, 9.17) is 9.47 Å². The van der Waals surface area contributed by atoms with Crippen molar-refractivity contribution in [3.63, 3.8) is 0 Å². The molecule has 150 valence electrons. The number of cyclic esters (lactones) is 1. The van der Waals surface area contributed by atoms with Crippen LogP contribution in [0.4, 0.5) is 0 Å². The number of carbonyl (C=O) groups excluding carboxylic acids is 1. The summed E-state index contributed by atoms with van der Waals surface area (Å²) in [7, 11) is 1.73. The average Bonchev–Trinajstić information content (AvgIpc) is 3.11. The first kappa shape index (κ1) is 18.4. The number of hydrogen-bond acceptors (Lipinski definition) is 4. The fourth-order valence-corrected chi connectivity index (χ4v) is 5.61. The molecule has 5 rings (SSSR count). The molecule has 1 aromatic rings. The summed E-state index contributed by atoms with van der Waals surface area (Å²) in [4.78, 5) is 11.9. The first-order valence-corrected chi connectivity index (χ1v) is 10.3. The number of benzene rings is 1. The molecular weight excluding hydrogens is 362 g/mol. The van der Waals surface area contributed by atoms with Gasteiger partial charge in [0.1, 0.15) is 11.5 Å². The summed E-state index contributed by atoms with van der Waals surface area (Å²) < 4.78 is 11.4. The molecule has 29 heavy (non-hydrogen) atoms. The van der Waals surface area contributed by atoms with Crippen LogP contribution in [0.15, 0.2) is 59.4 Å². The van der Waals surface area contributed by atoms with E-state index in [0.29, 0.717) is 6.42 Å². The van der Waals surface area contributed by atoms with Gasteiger partial charge in [0, 0.05) is 29.0 Å². The maximum absolute atomic E-state index is 11.9. The fourth-order valence-electron chi connectivity index (χ4n) is 5.61. The Morgan fingerprint density at radius 2 is 2.10 bits per heavy atom. The van der Waals surface area contributed by atoms with Crippen molar-refractivity contribution in [1.29, 1.82) is 0 Å². The molecule has 0 radical (unpaired) electrons. The second kappa shape index (κ2) is 6.46. The van der Waals surface area contributed by atoms with Crippen LogP contribution in [0.5, 0.6) is 5.75 Å². The van der Waals surface area contributed by atoms with Gasteiger partial charge in [-0.1, -0.05) is 35.9 Å². The zero-order chi connectivity index (χ0) is 20.3. The van der Waals surface area contributed by atoms with Gasteiger partial charge in [0.05, 0.1) is 13.5 Å². The van der Waals surface area contributed by atoms with Crippen molar-refractivity contribution in [2.24, 2.45) is 11.8 Å². The largest absolute Gasteiger partial charge is 0.496 e. The molecule has 3 atom stereocenters. The highest BCUT2D eigenvalue weighted by Crippen LogP contribution is 2.51. The number of carbonyl (C=O) groups is 1. The Morgan fingerprint density at radius 3 is 2.83 bits per heavy atom. The SMILES string of the molecule is COc1cccc2c1C1=C(C(C3=CCC(=O)O3)C2)C2C(C)=CC(C)(C)NC2C=C1. The molecule has 1 N–H and O–H groups in total. The van der Waals surface area contributed by atoms with Gasteiger partial charge in [-0.25, -0.2) is 0 Å². The lowest BCUT2D eigenvalue weighted by Gasteiger charge is -2.46. The van der Waals surface area contributed by atoms with Gasteiger partial charge in [0.2, 0.25) is 0 Å². The first-order valence-electron chi connectivity index (χ1n) is 10.3. The molecule has 4 heteroatoms. The molecule has 4 nitrogen and oxygen atoms in total. The Bertz CT molecular complexity index is 1020. The first-order chi connectivity index (χ1) is 13.9. The van der Waals surface area contributed by atoms with Gasteiger partial charge < -0.3 is 14.8 Å². The Morgan fingerprint density at radius 1 is 1.28 bits per heavy atom. The van der Waals surface area contributed by atoms with E-state index in [9.17, 15) is 4.79 Å². The summed E-state index contributed by atoms with van der Waals surface area (Å²) in [5.41, 5.74) is 6.29. The molecule has 1 aromatic carbocycles. The maximum Gasteiger partial charge on any atom is 0.314 e. The lowest BCUT2D eigenvalue weighted by Crippen LogP contribution is -2.53. The molecule has 2 aliphatic heterocycles. The minimum Gasteiger partial charge on any atom is -0.496 e. The summed E-state index contributed by atoms with van der Waals surface area (Å²) in [5.74, 6) is 1.87. The summed E-state index contributed by atoms with van der Waals surface area (Å²) in [5, 5.41) is 3.77. The third-order valence-electron chi connectivity index (χ3n) is 6.54. The number of rotatable bonds is 2. The van der Waals surface area contributed by atoms with Gasteiger partial charge in [-0.15, -0.1) is 0 Å². The van der Waals surface area contributed by atoms with Crippen LogP contribution in [0, 0.1) is 11.8 Å². The lowest BCUT2D eigenvalue weighted by molar-refractivity contribution is -0.137. The molecule has 0 saturated carbocycles. The molecule has 0 fully saturated rings. The van der Waals surface area contributed by atoms with Crippen LogP contribution in [-0.4, -0.2) is 24.7 Å². The number of allylic oxidation sites excluding steroid dienone is 3. The lowest BCUT2D eigenvalue weighted by atomic mass is 9.65. The number of nitrogens with one attached hydrogen (secondary N) is 1. The average molecular weight is 389 g/mol. The van der Waals surface area contributed by atoms with Crippen molar-refractivity contribution >= 4 is 11.5 Å². The van der Waals surface area contributed by atoms with Gasteiger partial charge in [-0.2, -0.15) is 0 Å². The topological polar surface area (TPSA) is 47.6 Å². The highest BCUT2D eigenvalue weighted by molar-refractivity contribution is 5.87. The van der Waals surface area contributed by atoms with E-state index in [1.807, 2.05) is 18.2 Å². The Hall–Kier alpha value is -2.59. The third kappa shape index (κ3) is 2.89. The number of methoxy groups -OCH3 is 1. The fraction of sp³-hybridized carbons (Fsp3) is 0.400. The number of hydrogen-bond donors (Lipinski definition) is 1. The van der Waals surface area contributed by atoms with Crippen LogP contribution in [0.25, 0.3) is 5.57 Å². The number of fused-ring (bicyclic) bond motifs is 4. The monoisotopic (exact) mass is 389 g/mol. The molecule has 2 heterocycles. The second-order valence-corrected chi connectivity index (χ2v) is 9.02. The van der Waals surface area contributed by atoms with Crippen molar-refractivity contribution in [1.82, 2.24) is 5.32 Å². The molecule has 3 unspecified atom stereocenters. The predicted molar refractivity (Wildman–Crippen MR) is 113 cm³/mol. The minimum absolute atomic E-state index is 0.0491. The van der Waals surface area contributed by atoms with Crippen LogP contribution in [-0.2, 0) is 16.0 Å². The quantitative estimate of drug-likeness (QED) is 0.604. The highest BCUT2D eigenvalue weighted by atomic mass is 16.5. The van der Waals surface area contributed by atoms with E-state index in [2.05, 4.69) is 50.4 Å². The summed E-state index contributed by atoms with van der Waals surface area (Å²) in [6.07, 6.45) is 10.0. The summed E-state index contributed by atoms with van der Waals surface area (Å²) in [6, 6.07) is 6.46. The van der Waals surface area contributed by atoms with Crippen molar-refractivity contribution in [2.75, 3.05) is 7.11 Å². The highest BCUT2D eigenvalue weighted by Gasteiger charge is 2.44. The van der Waals surface area contributed by atoms with Crippen molar-refractivity contribution in [3.05, 3.63) is 70.5 Å². The van der Waals surface area contributed by atoms with Crippen LogP contribution in [0.3, 0.4) is 0 Å². The Labute approximate surface area is 172 Å². The molecule has 0 amide bonds. The van der Waals surface area contributed by atoms with Crippen LogP contribution < -0.4 is 10.1 Å². The zero-order valence-electron chi connectivity index (χ0n) is 17.4. The van der Waals surface area contributed by atoms with E-state index in [0.717, 1.165) is 17.9 Å². The van der Waals surface area contributed by atoms with Gasteiger partial charge in [-0.3, -0.25) is 4.79 Å². The number of ether oxygens (including phenoxy) is 2. The van der Waals surface area contributed by atoms with E-state index < -0.39 is 0 Å². The smallest absolute Gasteiger partial charge is 0.314 e. The van der Waals surface area contributed by atoms with Crippen molar-refractivity contribution in [3.8, 4) is 5.75 Å². The molecule has 4 aliphatic rings. The standard InChI is InChI=1S/C25H27NO3/c1-14-13-25(2,3)26-18-9-8-16-23-15(6-5-7-20(23)28-4)12-17(24(16)22(14)18)19-10-11-21(27)29-19/h5-10,13,17-18,22,26H,11-12H2,1-4H3. The summed E-state index contributed by atoms with van der Waals surface area (Å²) >= 11 is 0. The van der Waals surface area contributed by atoms with Crippen molar-refractivity contribution in [2.45, 2.75) is 45.2 Å². The molecule has 0 saturated heterocycles. The minimum atomic E-state index is -0.156. The zero-order valence-corrected chi connectivity index (χ0v) is 17.4. The third-order valence-corrected chi connectivity index (χ3v) is 6.54. The Balaban J connectivity index is 1.73. The van der Waals surface area contributed by atoms with Crippen LogP contribution in [0.1, 0.15) is 38.3 Å². The number of esters is 1. The van der Waals surface area contributed by atoms with E-state index in [-0.39, 0.29) is 29.4 Å². The van der Waals surface area contributed by atoms with Gasteiger partial charge in [-0.05, 0) is 56.0 Å². The normalized spacial score (nSPS) is 29.4. The second-order valence-electron chi connectivity index (χ2n) is 9.02. The van der Waals surface area contributed by atoms with Gasteiger partial charge in [0.25, 0.3) is 0 Å². The molecule has 0 aromatic heterocycles.